The first-order chi connectivity index (χ1) is 9.65. The number of hydrogen-bond donors (Lipinski definition) is 2. The Balaban J connectivity index is 1.60. The van der Waals surface area contributed by atoms with Crippen molar-refractivity contribution in [2.45, 2.75) is 44.6 Å². The van der Waals surface area contributed by atoms with Gasteiger partial charge in [-0.05, 0) is 67.6 Å². The lowest BCUT2D eigenvalue weighted by molar-refractivity contribution is 0.277. The number of hydrazine groups is 1. The highest BCUT2D eigenvalue weighted by Crippen LogP contribution is 2.49. The van der Waals surface area contributed by atoms with Crippen LogP contribution in [0.5, 0.6) is 0 Å². The van der Waals surface area contributed by atoms with Crippen LogP contribution in [0, 0.1) is 23.6 Å². The summed E-state index contributed by atoms with van der Waals surface area (Å²) >= 11 is 5.84. The number of halogens is 2. The van der Waals surface area contributed by atoms with Crippen molar-refractivity contribution in [3.8, 4) is 0 Å². The van der Waals surface area contributed by atoms with E-state index in [-0.39, 0.29) is 16.9 Å². The topological polar surface area (TPSA) is 38.0 Å². The van der Waals surface area contributed by atoms with E-state index in [4.69, 9.17) is 17.4 Å². The van der Waals surface area contributed by atoms with Crippen LogP contribution >= 0.6 is 11.6 Å². The molecule has 2 aliphatic rings. The molecule has 110 valence electrons. The minimum absolute atomic E-state index is 0.193. The van der Waals surface area contributed by atoms with Crippen LogP contribution in [-0.2, 0) is 6.42 Å². The molecule has 0 aliphatic heterocycles. The molecule has 20 heavy (non-hydrogen) atoms. The van der Waals surface area contributed by atoms with Gasteiger partial charge in [-0.25, -0.2) is 4.39 Å². The van der Waals surface area contributed by atoms with Crippen LogP contribution in [-0.4, -0.2) is 6.04 Å². The Morgan fingerprint density at radius 2 is 2.20 bits per heavy atom. The van der Waals surface area contributed by atoms with Gasteiger partial charge in [0, 0.05) is 6.04 Å². The highest BCUT2D eigenvalue weighted by atomic mass is 35.5. The van der Waals surface area contributed by atoms with E-state index in [1.54, 1.807) is 12.1 Å². The molecular weight excluding hydrogens is 275 g/mol. The fraction of sp³-hybridized carbons (Fsp3) is 0.625. The Kier molecular flexibility index (Phi) is 4.29. The fourth-order valence-electron chi connectivity index (χ4n) is 4.19. The van der Waals surface area contributed by atoms with Gasteiger partial charge in [0.25, 0.3) is 0 Å². The van der Waals surface area contributed by atoms with E-state index in [1.165, 1.54) is 31.7 Å². The zero-order valence-corrected chi connectivity index (χ0v) is 12.4. The number of nitrogens with two attached hydrogens (primary N) is 1. The molecule has 3 rings (SSSR count). The molecule has 0 saturated heterocycles. The standard InChI is InChI=1S/C16H22ClFN2/c17-15-8-11(2-4-16(15)18)7-14(20-19)9-13-6-10-1-3-12(13)5-10/h2,4,8,10,12-14,20H,1,3,5-7,9,19H2. The Bertz CT molecular complexity index is 480. The molecule has 4 atom stereocenters. The summed E-state index contributed by atoms with van der Waals surface area (Å²) in [6.45, 7) is 0. The summed E-state index contributed by atoms with van der Waals surface area (Å²) in [5.41, 5.74) is 3.98. The summed E-state index contributed by atoms with van der Waals surface area (Å²) in [4.78, 5) is 0. The van der Waals surface area contributed by atoms with E-state index in [0.717, 1.165) is 36.2 Å². The molecule has 1 aromatic carbocycles. The van der Waals surface area contributed by atoms with Crippen LogP contribution in [0.1, 0.15) is 37.7 Å². The minimum atomic E-state index is -0.360. The van der Waals surface area contributed by atoms with Crippen LogP contribution < -0.4 is 11.3 Å². The van der Waals surface area contributed by atoms with E-state index in [1.807, 2.05) is 0 Å². The molecule has 2 saturated carbocycles. The average molecular weight is 297 g/mol. The molecule has 3 N–H and O–H groups in total. The second-order valence-electron chi connectivity index (χ2n) is 6.49. The van der Waals surface area contributed by atoms with Crippen molar-refractivity contribution in [2.24, 2.45) is 23.6 Å². The molecule has 0 amide bonds. The number of benzene rings is 1. The molecule has 2 fully saturated rings. The maximum Gasteiger partial charge on any atom is 0.141 e. The molecule has 2 aliphatic carbocycles. The molecule has 4 unspecified atom stereocenters. The van der Waals surface area contributed by atoms with Crippen LogP contribution in [0.2, 0.25) is 5.02 Å². The number of hydrogen-bond acceptors (Lipinski definition) is 2. The average Bonchev–Trinajstić information content (AvgIpc) is 3.04. The van der Waals surface area contributed by atoms with Crippen molar-refractivity contribution in [3.05, 3.63) is 34.6 Å². The first-order valence-electron chi connectivity index (χ1n) is 7.55. The van der Waals surface area contributed by atoms with Gasteiger partial charge >= 0.3 is 0 Å². The van der Waals surface area contributed by atoms with E-state index in [9.17, 15) is 4.39 Å². The Morgan fingerprint density at radius 3 is 2.80 bits per heavy atom. The van der Waals surface area contributed by atoms with Gasteiger partial charge in [0.15, 0.2) is 0 Å². The summed E-state index contributed by atoms with van der Waals surface area (Å²) in [6, 6.07) is 5.19. The van der Waals surface area contributed by atoms with Crippen LogP contribution in [0.4, 0.5) is 4.39 Å². The lowest BCUT2D eigenvalue weighted by atomic mass is 9.83. The molecule has 0 heterocycles. The largest absolute Gasteiger partial charge is 0.271 e. The smallest absolute Gasteiger partial charge is 0.141 e. The van der Waals surface area contributed by atoms with Crippen molar-refractivity contribution >= 4 is 11.6 Å². The first-order valence-corrected chi connectivity index (χ1v) is 7.93. The van der Waals surface area contributed by atoms with Crippen molar-refractivity contribution in [2.75, 3.05) is 0 Å². The Morgan fingerprint density at radius 1 is 1.35 bits per heavy atom. The quantitative estimate of drug-likeness (QED) is 0.642. The third-order valence-electron chi connectivity index (χ3n) is 5.17. The molecule has 0 aromatic heterocycles. The van der Waals surface area contributed by atoms with Gasteiger partial charge in [-0.3, -0.25) is 11.3 Å². The van der Waals surface area contributed by atoms with Gasteiger partial charge < -0.3 is 0 Å². The lowest BCUT2D eigenvalue weighted by Gasteiger charge is -2.26. The molecule has 2 bridgehead atoms. The van der Waals surface area contributed by atoms with E-state index in [2.05, 4.69) is 5.43 Å². The fourth-order valence-corrected chi connectivity index (χ4v) is 4.40. The van der Waals surface area contributed by atoms with Gasteiger partial charge in [-0.2, -0.15) is 0 Å². The molecule has 0 radical (unpaired) electrons. The summed E-state index contributed by atoms with van der Waals surface area (Å²) in [5.74, 6) is 8.03. The highest BCUT2D eigenvalue weighted by Gasteiger charge is 2.39. The van der Waals surface area contributed by atoms with Crippen LogP contribution in [0.25, 0.3) is 0 Å². The van der Waals surface area contributed by atoms with Crippen molar-refractivity contribution < 1.29 is 4.39 Å². The Labute approximate surface area is 124 Å². The first kappa shape index (κ1) is 14.3. The predicted octanol–water partition coefficient (Wildman–Crippen LogP) is 3.68. The monoisotopic (exact) mass is 296 g/mol. The maximum absolute atomic E-state index is 13.2. The SMILES string of the molecule is NNC(Cc1ccc(F)c(Cl)c1)CC1CC2CCC1C2. The van der Waals surface area contributed by atoms with E-state index >= 15 is 0 Å². The van der Waals surface area contributed by atoms with Crippen molar-refractivity contribution in [1.29, 1.82) is 0 Å². The van der Waals surface area contributed by atoms with E-state index in [0.29, 0.717) is 0 Å². The third-order valence-corrected chi connectivity index (χ3v) is 5.46. The summed E-state index contributed by atoms with van der Waals surface area (Å²) < 4.78 is 13.2. The van der Waals surface area contributed by atoms with Crippen molar-refractivity contribution in [1.82, 2.24) is 5.43 Å². The van der Waals surface area contributed by atoms with Gasteiger partial charge in [0.05, 0.1) is 5.02 Å². The second-order valence-corrected chi connectivity index (χ2v) is 6.89. The van der Waals surface area contributed by atoms with E-state index < -0.39 is 0 Å². The van der Waals surface area contributed by atoms with Gasteiger partial charge in [0.2, 0.25) is 0 Å². The summed E-state index contributed by atoms with van der Waals surface area (Å²) in [7, 11) is 0. The zero-order valence-electron chi connectivity index (χ0n) is 11.6. The molecular formula is C16H22ClFN2. The molecule has 0 spiro atoms. The zero-order chi connectivity index (χ0) is 14.1. The molecule has 2 nitrogen and oxygen atoms in total. The summed E-state index contributed by atoms with van der Waals surface area (Å²) in [5, 5.41) is 0.193. The minimum Gasteiger partial charge on any atom is -0.271 e. The van der Waals surface area contributed by atoms with Crippen LogP contribution in [0.3, 0.4) is 0 Å². The highest BCUT2D eigenvalue weighted by molar-refractivity contribution is 6.30. The molecule has 1 aromatic rings. The number of rotatable bonds is 5. The predicted molar refractivity (Wildman–Crippen MR) is 79.8 cm³/mol. The van der Waals surface area contributed by atoms with Gasteiger partial charge in [-0.15, -0.1) is 0 Å². The van der Waals surface area contributed by atoms with Gasteiger partial charge in [-0.1, -0.05) is 24.1 Å². The third kappa shape index (κ3) is 3.00. The van der Waals surface area contributed by atoms with Gasteiger partial charge in [0.1, 0.15) is 5.82 Å². The number of fused-ring (bicyclic) bond motifs is 2. The second kappa shape index (κ2) is 6.00. The lowest BCUT2D eigenvalue weighted by Crippen LogP contribution is -2.39. The Hall–Kier alpha value is -0.640. The summed E-state index contributed by atoms with van der Waals surface area (Å²) in [6.07, 6.45) is 7.54. The van der Waals surface area contributed by atoms with Crippen LogP contribution in [0.15, 0.2) is 18.2 Å². The normalized spacial score (nSPS) is 29.9. The molecule has 4 heteroatoms. The maximum atomic E-state index is 13.2. The number of nitrogens with one attached hydrogen (secondary N) is 1. The van der Waals surface area contributed by atoms with Crippen molar-refractivity contribution in [3.63, 3.8) is 0 Å².